The van der Waals surface area contributed by atoms with Gasteiger partial charge in [0.15, 0.2) is 0 Å². The van der Waals surface area contributed by atoms with Gasteiger partial charge in [0.1, 0.15) is 12.2 Å². The quantitative estimate of drug-likeness (QED) is 0.463. The van der Waals surface area contributed by atoms with Crippen LogP contribution in [0.1, 0.15) is 17.0 Å². The van der Waals surface area contributed by atoms with Gasteiger partial charge in [0, 0.05) is 11.9 Å². The number of rotatable bonds is 6. The van der Waals surface area contributed by atoms with E-state index in [0.717, 1.165) is 12.5 Å². The Kier molecular flexibility index (Phi) is 5.78. The van der Waals surface area contributed by atoms with Crippen molar-refractivity contribution in [2.24, 2.45) is 0 Å². The van der Waals surface area contributed by atoms with Crippen molar-refractivity contribution in [3.8, 4) is 0 Å². The second-order valence-electron chi connectivity index (χ2n) is 6.30. The molecule has 30 heavy (non-hydrogen) atoms. The van der Waals surface area contributed by atoms with Gasteiger partial charge in [-0.15, -0.1) is 0 Å². The van der Waals surface area contributed by atoms with Crippen molar-refractivity contribution >= 4 is 28.9 Å². The highest BCUT2D eigenvalue weighted by Crippen LogP contribution is 2.36. The number of nitro groups is 1. The zero-order chi connectivity index (χ0) is 22.1. The van der Waals surface area contributed by atoms with Crippen molar-refractivity contribution in [3.05, 3.63) is 68.7 Å². The fraction of sp³-hybridized carbons (Fsp3) is 0.235. The number of nitrogens with zero attached hydrogens (tertiary/aromatic N) is 5. The van der Waals surface area contributed by atoms with E-state index < -0.39 is 34.9 Å². The summed E-state index contributed by atoms with van der Waals surface area (Å²) in [4.78, 5) is 22.1. The molecule has 0 aliphatic rings. The number of hydrogen-bond acceptors (Lipinski definition) is 5. The van der Waals surface area contributed by atoms with Gasteiger partial charge in [-0.25, -0.2) is 0 Å². The van der Waals surface area contributed by atoms with Crippen LogP contribution in [0.4, 0.5) is 24.5 Å². The molecule has 0 aliphatic heterocycles. The Morgan fingerprint density at radius 3 is 2.67 bits per heavy atom. The van der Waals surface area contributed by atoms with Gasteiger partial charge in [0.2, 0.25) is 11.6 Å². The number of carbonyl (C=O) groups excluding carboxylic acids is 1. The van der Waals surface area contributed by atoms with Crippen LogP contribution in [-0.2, 0) is 24.1 Å². The van der Waals surface area contributed by atoms with E-state index in [1.54, 1.807) is 35.1 Å². The molecule has 0 atom stereocenters. The first-order valence-electron chi connectivity index (χ1n) is 8.40. The molecule has 158 valence electrons. The Hall–Kier alpha value is -3.41. The molecule has 2 aromatic heterocycles. The first-order valence-corrected chi connectivity index (χ1v) is 8.78. The molecule has 0 aliphatic carbocycles. The maximum absolute atomic E-state index is 13.0. The van der Waals surface area contributed by atoms with Crippen LogP contribution >= 0.6 is 11.6 Å². The van der Waals surface area contributed by atoms with E-state index in [1.807, 2.05) is 0 Å². The van der Waals surface area contributed by atoms with Crippen molar-refractivity contribution < 1.29 is 22.9 Å². The molecule has 1 aromatic carbocycles. The average Bonchev–Trinajstić information content (AvgIpc) is 3.18. The zero-order valence-corrected chi connectivity index (χ0v) is 16.1. The van der Waals surface area contributed by atoms with Crippen LogP contribution in [-0.4, -0.2) is 30.4 Å². The molecule has 0 radical (unpaired) electrons. The van der Waals surface area contributed by atoms with Crippen LogP contribution in [0, 0.1) is 17.0 Å². The second kappa shape index (κ2) is 8.14. The molecule has 9 nitrogen and oxygen atoms in total. The van der Waals surface area contributed by atoms with Crippen molar-refractivity contribution in [1.82, 2.24) is 19.6 Å². The molecule has 0 spiro atoms. The molecule has 1 N–H and O–H groups in total. The molecule has 0 saturated carbocycles. The standard InChI is InChI=1S/C17H14ClF3N6O3/c1-10-15(27(29)30)16(17(19,20)21)24-26(10)9-14(28)23-13-4-2-3-11(5-13)7-25-8-12(18)6-22-25/h2-6,8H,7,9H2,1H3,(H,23,28). The van der Waals surface area contributed by atoms with Gasteiger partial charge in [0.05, 0.1) is 22.7 Å². The highest BCUT2D eigenvalue weighted by molar-refractivity contribution is 6.30. The molecule has 3 aromatic rings. The van der Waals surface area contributed by atoms with E-state index in [-0.39, 0.29) is 5.69 Å². The Labute approximate surface area is 172 Å². The lowest BCUT2D eigenvalue weighted by Crippen LogP contribution is -2.21. The minimum Gasteiger partial charge on any atom is -0.324 e. The van der Waals surface area contributed by atoms with E-state index in [2.05, 4.69) is 15.5 Å². The minimum absolute atomic E-state index is 0.369. The fourth-order valence-corrected chi connectivity index (χ4v) is 2.95. The van der Waals surface area contributed by atoms with Gasteiger partial charge in [-0.05, 0) is 24.6 Å². The third kappa shape index (κ3) is 4.76. The van der Waals surface area contributed by atoms with E-state index in [1.165, 1.54) is 6.20 Å². The summed E-state index contributed by atoms with van der Waals surface area (Å²) in [5, 5.41) is 21.3. The molecule has 2 heterocycles. The Balaban J connectivity index is 1.75. The molecule has 0 unspecified atom stereocenters. The van der Waals surface area contributed by atoms with Crippen LogP contribution in [0.3, 0.4) is 0 Å². The summed E-state index contributed by atoms with van der Waals surface area (Å²) >= 11 is 5.82. The number of aromatic nitrogens is 4. The number of hydrogen-bond donors (Lipinski definition) is 1. The third-order valence-electron chi connectivity index (χ3n) is 4.08. The summed E-state index contributed by atoms with van der Waals surface area (Å²) in [5.41, 5.74) is -2.00. The topological polar surface area (TPSA) is 108 Å². The average molecular weight is 443 g/mol. The fourth-order valence-electron chi connectivity index (χ4n) is 2.80. The summed E-state index contributed by atoms with van der Waals surface area (Å²) in [6.45, 7) is 0.862. The number of alkyl halides is 3. The zero-order valence-electron chi connectivity index (χ0n) is 15.4. The van der Waals surface area contributed by atoms with E-state index in [4.69, 9.17) is 11.6 Å². The number of anilines is 1. The van der Waals surface area contributed by atoms with Gasteiger partial charge >= 0.3 is 11.9 Å². The van der Waals surface area contributed by atoms with Crippen LogP contribution in [0.25, 0.3) is 0 Å². The molecular weight excluding hydrogens is 429 g/mol. The van der Waals surface area contributed by atoms with Gasteiger partial charge in [0.25, 0.3) is 0 Å². The molecule has 1 amide bonds. The molecule has 0 fully saturated rings. The second-order valence-corrected chi connectivity index (χ2v) is 6.74. The molecular formula is C17H14ClF3N6O3. The van der Waals surface area contributed by atoms with Gasteiger partial charge in [-0.2, -0.15) is 23.4 Å². The van der Waals surface area contributed by atoms with Crippen LogP contribution in [0.5, 0.6) is 0 Å². The molecule has 3 rings (SSSR count). The van der Waals surface area contributed by atoms with Crippen LogP contribution < -0.4 is 5.32 Å². The number of amides is 1. The maximum Gasteiger partial charge on any atom is 0.442 e. The lowest BCUT2D eigenvalue weighted by Gasteiger charge is -2.09. The van der Waals surface area contributed by atoms with Crippen LogP contribution in [0.15, 0.2) is 36.7 Å². The SMILES string of the molecule is Cc1c([N+](=O)[O-])c(C(F)(F)F)nn1CC(=O)Nc1cccc(Cn2cc(Cl)cn2)c1. The predicted molar refractivity (Wildman–Crippen MR) is 100 cm³/mol. The van der Waals surface area contributed by atoms with E-state index in [9.17, 15) is 28.1 Å². The lowest BCUT2D eigenvalue weighted by molar-refractivity contribution is -0.388. The number of halogens is 4. The summed E-state index contributed by atoms with van der Waals surface area (Å²) in [6, 6.07) is 6.73. The predicted octanol–water partition coefficient (Wildman–Crippen LogP) is 3.66. The largest absolute Gasteiger partial charge is 0.442 e. The van der Waals surface area contributed by atoms with Crippen LogP contribution in [0.2, 0.25) is 5.02 Å². The Morgan fingerprint density at radius 1 is 1.37 bits per heavy atom. The smallest absolute Gasteiger partial charge is 0.324 e. The Morgan fingerprint density at radius 2 is 2.10 bits per heavy atom. The van der Waals surface area contributed by atoms with Gasteiger partial charge < -0.3 is 5.32 Å². The summed E-state index contributed by atoms with van der Waals surface area (Å²) < 4.78 is 41.3. The Bertz CT molecular complexity index is 1110. The minimum atomic E-state index is -5.02. The van der Waals surface area contributed by atoms with Crippen molar-refractivity contribution in [2.45, 2.75) is 26.2 Å². The monoisotopic (exact) mass is 442 g/mol. The summed E-state index contributed by atoms with van der Waals surface area (Å²) in [7, 11) is 0. The maximum atomic E-state index is 13.0. The molecule has 13 heteroatoms. The van der Waals surface area contributed by atoms with E-state index in [0.29, 0.717) is 21.9 Å². The molecule has 0 saturated heterocycles. The summed E-state index contributed by atoms with van der Waals surface area (Å²) in [6.07, 6.45) is -1.91. The highest BCUT2D eigenvalue weighted by atomic mass is 35.5. The number of benzene rings is 1. The third-order valence-corrected chi connectivity index (χ3v) is 4.27. The highest BCUT2D eigenvalue weighted by Gasteiger charge is 2.44. The van der Waals surface area contributed by atoms with Crippen molar-refractivity contribution in [3.63, 3.8) is 0 Å². The lowest BCUT2D eigenvalue weighted by atomic mass is 10.2. The number of nitrogens with one attached hydrogen (secondary N) is 1. The van der Waals surface area contributed by atoms with Crippen molar-refractivity contribution in [2.75, 3.05) is 5.32 Å². The van der Waals surface area contributed by atoms with Gasteiger partial charge in [-0.1, -0.05) is 23.7 Å². The normalized spacial score (nSPS) is 11.5. The van der Waals surface area contributed by atoms with Gasteiger partial charge in [-0.3, -0.25) is 24.3 Å². The first-order chi connectivity index (χ1) is 14.0. The first kappa shape index (κ1) is 21.3. The van der Waals surface area contributed by atoms with Crippen molar-refractivity contribution in [1.29, 1.82) is 0 Å². The number of carbonyl (C=O) groups is 1. The molecule has 0 bridgehead atoms. The van der Waals surface area contributed by atoms with E-state index >= 15 is 0 Å². The summed E-state index contributed by atoms with van der Waals surface area (Å²) in [5.74, 6) is -0.691.